The molecule has 6 rings (SSSR count). The molecule has 1 saturated carbocycles. The number of nitrogens with one attached hydrogen (secondary N) is 3. The molecule has 3 aromatic rings. The molecule has 3 aromatic carbocycles. The van der Waals surface area contributed by atoms with Gasteiger partial charge in [-0.15, -0.1) is 0 Å². The Morgan fingerprint density at radius 3 is 2.31 bits per heavy atom. The minimum absolute atomic E-state index is 0.00431. The van der Waals surface area contributed by atoms with Crippen LogP contribution in [0, 0.1) is 5.92 Å². The maximum Gasteiger partial charge on any atom is 0.315 e. The topological polar surface area (TPSA) is 112 Å². The summed E-state index contributed by atoms with van der Waals surface area (Å²) in [6.45, 7) is 9.74. The molecule has 0 aromatic heterocycles. The highest BCUT2D eigenvalue weighted by molar-refractivity contribution is 5.82. The van der Waals surface area contributed by atoms with Crippen LogP contribution in [0.5, 0.6) is 0 Å². The highest BCUT2D eigenvalue weighted by atomic mass is 16.7. The molecule has 0 radical (unpaired) electrons. The van der Waals surface area contributed by atoms with E-state index in [1.165, 1.54) is 19.3 Å². The summed E-state index contributed by atoms with van der Waals surface area (Å²) in [4.78, 5) is 28.2. The monoisotopic (exact) mass is 696 g/mol. The lowest BCUT2D eigenvalue weighted by molar-refractivity contribution is -0.255. The van der Waals surface area contributed by atoms with E-state index in [2.05, 4.69) is 57.2 Å². The van der Waals surface area contributed by atoms with Gasteiger partial charge in [-0.2, -0.15) is 0 Å². The van der Waals surface area contributed by atoms with E-state index in [0.29, 0.717) is 38.0 Å². The number of urea groups is 1. The number of nitrogens with zero attached hydrogens (tertiary/aromatic N) is 1. The molecule has 2 saturated heterocycles. The molecule has 3 fully saturated rings. The quantitative estimate of drug-likeness (QED) is 0.179. The standard InChI is InChI=1S/C42H56N4O5/c1-5-43-41(49)44-25-29-9-8-11-34(23-29)30-17-19-33(20-18-30)40-50-35(24-38(51-40)32-15-13-28(27-47)14-16-32)26-46-36-12-7-6-10-31(36)21-22-37(46)39(48)45-42(2,3)4/h8-9,11,13-20,23,31,35-38,40,47H,5-7,10,12,21-22,24-27H2,1-4H3,(H,45,48)(H2,43,44,49)/t31-,35-,36-,37-,38+,40+/m1/s1. The fourth-order valence-corrected chi connectivity index (χ4v) is 8.09. The molecular formula is C42H56N4O5. The van der Waals surface area contributed by atoms with Crippen LogP contribution in [0.3, 0.4) is 0 Å². The van der Waals surface area contributed by atoms with Crippen LogP contribution in [0.4, 0.5) is 4.79 Å². The van der Waals surface area contributed by atoms with E-state index in [1.54, 1.807) is 0 Å². The third-order valence-electron chi connectivity index (χ3n) is 10.6. The van der Waals surface area contributed by atoms with E-state index >= 15 is 0 Å². The summed E-state index contributed by atoms with van der Waals surface area (Å²) in [6, 6.07) is 24.6. The Kier molecular flexibility index (Phi) is 12.1. The largest absolute Gasteiger partial charge is 0.392 e. The summed E-state index contributed by atoms with van der Waals surface area (Å²) in [6.07, 6.45) is 6.51. The minimum atomic E-state index is -0.582. The predicted octanol–water partition coefficient (Wildman–Crippen LogP) is 7.15. The molecule has 3 amide bonds. The number of hydrogen-bond donors (Lipinski definition) is 4. The Balaban J connectivity index is 1.24. The maximum atomic E-state index is 13.8. The van der Waals surface area contributed by atoms with Crippen LogP contribution >= 0.6 is 0 Å². The molecule has 2 heterocycles. The Morgan fingerprint density at radius 2 is 1.59 bits per heavy atom. The average molecular weight is 697 g/mol. The van der Waals surface area contributed by atoms with Crippen molar-refractivity contribution in [2.75, 3.05) is 13.1 Å². The fourth-order valence-electron chi connectivity index (χ4n) is 8.09. The van der Waals surface area contributed by atoms with Gasteiger partial charge in [-0.3, -0.25) is 9.69 Å². The van der Waals surface area contributed by atoms with Crippen molar-refractivity contribution >= 4 is 11.9 Å². The molecule has 0 unspecified atom stereocenters. The van der Waals surface area contributed by atoms with E-state index in [0.717, 1.165) is 52.6 Å². The van der Waals surface area contributed by atoms with E-state index in [9.17, 15) is 14.7 Å². The van der Waals surface area contributed by atoms with Gasteiger partial charge in [0, 0.05) is 43.2 Å². The SMILES string of the molecule is CCNC(=O)NCc1cccc(-c2ccc([C@H]3O[C@@H](CN4[C@@H](C(=O)NC(C)(C)C)CC[C@H]5CCCC[C@H]54)C[C@@H](c4ccc(CO)cc4)O3)cc2)c1. The van der Waals surface area contributed by atoms with Crippen molar-refractivity contribution in [2.24, 2.45) is 5.92 Å². The van der Waals surface area contributed by atoms with Crippen molar-refractivity contribution in [3.8, 4) is 11.1 Å². The van der Waals surface area contributed by atoms with Crippen LogP contribution in [-0.4, -0.2) is 58.8 Å². The summed E-state index contributed by atoms with van der Waals surface area (Å²) < 4.78 is 13.5. The lowest BCUT2D eigenvalue weighted by Crippen LogP contribution is -2.61. The molecule has 9 nitrogen and oxygen atoms in total. The summed E-state index contributed by atoms with van der Waals surface area (Å²) >= 11 is 0. The number of ether oxygens (including phenoxy) is 2. The number of carbonyl (C=O) groups excluding carboxylic acids is 2. The predicted molar refractivity (Wildman–Crippen MR) is 200 cm³/mol. The molecular weight excluding hydrogens is 640 g/mol. The first-order chi connectivity index (χ1) is 24.6. The third kappa shape index (κ3) is 9.57. The van der Waals surface area contributed by atoms with Gasteiger partial charge in [0.2, 0.25) is 5.91 Å². The van der Waals surface area contributed by atoms with Crippen LogP contribution in [-0.2, 0) is 27.4 Å². The van der Waals surface area contributed by atoms with Gasteiger partial charge in [0.1, 0.15) is 0 Å². The highest BCUT2D eigenvalue weighted by Crippen LogP contribution is 2.42. The van der Waals surface area contributed by atoms with Gasteiger partial charge in [-0.25, -0.2) is 4.79 Å². The molecule has 6 atom stereocenters. The molecule has 51 heavy (non-hydrogen) atoms. The van der Waals surface area contributed by atoms with Crippen molar-refractivity contribution in [1.29, 1.82) is 0 Å². The zero-order valence-corrected chi connectivity index (χ0v) is 30.7. The van der Waals surface area contributed by atoms with Crippen molar-refractivity contribution in [3.63, 3.8) is 0 Å². The molecule has 0 spiro atoms. The van der Waals surface area contributed by atoms with Crippen LogP contribution in [0.25, 0.3) is 11.1 Å². The van der Waals surface area contributed by atoms with E-state index in [-0.39, 0.29) is 42.3 Å². The van der Waals surface area contributed by atoms with E-state index < -0.39 is 6.29 Å². The number of hydrogen-bond acceptors (Lipinski definition) is 6. The Bertz CT molecular complexity index is 1600. The third-order valence-corrected chi connectivity index (χ3v) is 10.6. The first-order valence-corrected chi connectivity index (χ1v) is 18.9. The number of rotatable bonds is 10. The number of aliphatic hydroxyl groups excluding tert-OH is 1. The number of piperidine rings is 1. The van der Waals surface area contributed by atoms with E-state index in [1.807, 2.05) is 64.1 Å². The summed E-state index contributed by atoms with van der Waals surface area (Å²) in [5, 5.41) is 18.6. The lowest BCUT2D eigenvalue weighted by atomic mass is 9.75. The van der Waals surface area contributed by atoms with Crippen molar-refractivity contribution < 1.29 is 24.2 Å². The van der Waals surface area contributed by atoms with Gasteiger partial charge in [0.25, 0.3) is 0 Å². The first kappa shape index (κ1) is 37.0. The number of likely N-dealkylation sites (tertiary alicyclic amines) is 1. The van der Waals surface area contributed by atoms with Crippen LogP contribution in [0.2, 0.25) is 0 Å². The molecule has 2 aliphatic heterocycles. The number of fused-ring (bicyclic) bond motifs is 1. The van der Waals surface area contributed by atoms with Crippen LogP contribution < -0.4 is 16.0 Å². The van der Waals surface area contributed by atoms with Crippen molar-refractivity contribution in [2.45, 2.75) is 122 Å². The number of benzene rings is 3. The molecule has 274 valence electrons. The Morgan fingerprint density at radius 1 is 0.843 bits per heavy atom. The Labute approximate surface area is 303 Å². The second-order valence-corrected chi connectivity index (χ2v) is 15.5. The number of aliphatic hydroxyl groups is 1. The molecule has 4 N–H and O–H groups in total. The Hall–Kier alpha value is -3.76. The van der Waals surface area contributed by atoms with Gasteiger partial charge in [0.05, 0.1) is 24.9 Å². The summed E-state index contributed by atoms with van der Waals surface area (Å²) in [5.41, 5.74) is 5.70. The maximum absolute atomic E-state index is 13.8. The van der Waals surface area contributed by atoms with Crippen LogP contribution in [0.1, 0.15) is 107 Å². The normalized spacial score (nSPS) is 25.4. The molecule has 1 aliphatic carbocycles. The number of carbonyl (C=O) groups is 2. The van der Waals surface area contributed by atoms with Gasteiger partial charge in [-0.05, 0) is 93.2 Å². The van der Waals surface area contributed by atoms with Gasteiger partial charge in [0.15, 0.2) is 6.29 Å². The molecule has 0 bridgehead atoms. The van der Waals surface area contributed by atoms with Gasteiger partial charge < -0.3 is 30.5 Å². The van der Waals surface area contributed by atoms with Crippen molar-refractivity contribution in [1.82, 2.24) is 20.9 Å². The zero-order chi connectivity index (χ0) is 36.0. The lowest BCUT2D eigenvalue weighted by Gasteiger charge is -2.50. The minimum Gasteiger partial charge on any atom is -0.392 e. The second-order valence-electron chi connectivity index (χ2n) is 15.5. The summed E-state index contributed by atoms with van der Waals surface area (Å²) in [7, 11) is 0. The molecule has 3 aliphatic rings. The highest BCUT2D eigenvalue weighted by Gasteiger charge is 2.44. The van der Waals surface area contributed by atoms with Crippen molar-refractivity contribution in [3.05, 3.63) is 95.1 Å². The fraction of sp³-hybridized carbons (Fsp3) is 0.524. The molecule has 9 heteroatoms. The second kappa shape index (κ2) is 16.7. The summed E-state index contributed by atoms with van der Waals surface area (Å²) in [5.74, 6) is 0.733. The van der Waals surface area contributed by atoms with E-state index in [4.69, 9.17) is 9.47 Å². The van der Waals surface area contributed by atoms with Crippen LogP contribution in [0.15, 0.2) is 72.8 Å². The van der Waals surface area contributed by atoms with Gasteiger partial charge >= 0.3 is 6.03 Å². The smallest absolute Gasteiger partial charge is 0.315 e. The zero-order valence-electron chi connectivity index (χ0n) is 30.7. The van der Waals surface area contributed by atoms with Gasteiger partial charge in [-0.1, -0.05) is 79.6 Å². The average Bonchev–Trinajstić information content (AvgIpc) is 3.13. The first-order valence-electron chi connectivity index (χ1n) is 18.9. The number of amides is 3.